The van der Waals surface area contributed by atoms with E-state index in [0.29, 0.717) is 25.9 Å². The highest BCUT2D eigenvalue weighted by molar-refractivity contribution is 5.87. The second kappa shape index (κ2) is 13.9. The number of unbranched alkanes of at least 4 members (excludes halogenated alkanes) is 1. The first-order chi connectivity index (χ1) is 12.7. The Balaban J connectivity index is 4.22. The lowest BCUT2D eigenvalue weighted by Gasteiger charge is -2.18. The van der Waals surface area contributed by atoms with Gasteiger partial charge in [0, 0.05) is 19.5 Å². The molecule has 1 unspecified atom stereocenters. The van der Waals surface area contributed by atoms with Crippen molar-refractivity contribution in [2.24, 2.45) is 5.73 Å². The summed E-state index contributed by atoms with van der Waals surface area (Å²) in [5.74, 6) is -3.12. The molecule has 0 aromatic heterocycles. The van der Waals surface area contributed by atoms with Crippen molar-refractivity contribution in [3.63, 3.8) is 0 Å². The van der Waals surface area contributed by atoms with E-state index in [1.54, 1.807) is 14.1 Å². The van der Waals surface area contributed by atoms with E-state index in [-0.39, 0.29) is 31.2 Å². The van der Waals surface area contributed by atoms with Gasteiger partial charge in [0.05, 0.1) is 12.1 Å². The van der Waals surface area contributed by atoms with Crippen molar-refractivity contribution in [2.75, 3.05) is 27.2 Å². The highest BCUT2D eigenvalue weighted by Gasteiger charge is 2.23. The minimum atomic E-state index is -1.19. The topological polar surface area (TPSA) is 183 Å². The summed E-state index contributed by atoms with van der Waals surface area (Å²) >= 11 is 0. The van der Waals surface area contributed by atoms with E-state index in [0.717, 1.165) is 0 Å². The van der Waals surface area contributed by atoms with Crippen molar-refractivity contribution < 1.29 is 29.4 Å². The second-order valence-corrected chi connectivity index (χ2v) is 6.12. The summed E-state index contributed by atoms with van der Waals surface area (Å²) in [6, 6.07) is -2.54. The first kappa shape index (κ1) is 24.8. The number of nitrogens with one attached hydrogen (secondary N) is 4. The van der Waals surface area contributed by atoms with Crippen molar-refractivity contribution in [3.05, 3.63) is 0 Å². The normalized spacial score (nSPS) is 14.0. The van der Waals surface area contributed by atoms with Gasteiger partial charge in [-0.25, -0.2) is 4.79 Å². The molecule has 0 aliphatic rings. The van der Waals surface area contributed by atoms with Gasteiger partial charge in [0.2, 0.25) is 11.8 Å². The summed E-state index contributed by atoms with van der Waals surface area (Å²) < 4.78 is 0. The smallest absolute Gasteiger partial charge is 0.326 e. The Labute approximate surface area is 158 Å². The summed E-state index contributed by atoms with van der Waals surface area (Å²) in [7, 11) is 3.43. The fourth-order valence-corrected chi connectivity index (χ4v) is 2.28. The molecule has 11 heteroatoms. The summed E-state index contributed by atoms with van der Waals surface area (Å²) in [6.45, 7) is 0.872. The van der Waals surface area contributed by atoms with E-state index in [2.05, 4.69) is 21.3 Å². The van der Waals surface area contributed by atoms with Gasteiger partial charge in [0.25, 0.3) is 0 Å². The summed E-state index contributed by atoms with van der Waals surface area (Å²) in [6.07, 6.45) is 0.852. The Morgan fingerprint density at radius 1 is 0.963 bits per heavy atom. The molecule has 0 radical (unpaired) electrons. The van der Waals surface area contributed by atoms with Crippen LogP contribution < -0.4 is 27.0 Å². The zero-order valence-electron chi connectivity index (χ0n) is 15.8. The van der Waals surface area contributed by atoms with Crippen LogP contribution in [-0.2, 0) is 19.2 Å². The number of likely N-dealkylation sites (N-methyl/N-ethyl adjacent to an activating group) is 2. The van der Waals surface area contributed by atoms with Gasteiger partial charge in [0.15, 0.2) is 0 Å². The van der Waals surface area contributed by atoms with E-state index < -0.39 is 29.9 Å². The average molecular weight is 389 g/mol. The third kappa shape index (κ3) is 11.2. The standard InChI is InChI=1S/C16H31N5O6/c1-18-9-12(19-2)15(25)20-8-4-3-5-11(16(26)27)21-14(24)10(17)6-7-13(22)23/h10-12,18-19H,3-9,17H2,1-2H3,(H,20,25)(H,21,24)(H,22,23)(H,26,27)/t10-,11?,12-/m0/s1. The van der Waals surface area contributed by atoms with Crippen LogP contribution >= 0.6 is 0 Å². The van der Waals surface area contributed by atoms with E-state index in [4.69, 9.17) is 10.8 Å². The van der Waals surface area contributed by atoms with Gasteiger partial charge in [-0.3, -0.25) is 14.4 Å². The summed E-state index contributed by atoms with van der Waals surface area (Å²) in [5.41, 5.74) is 5.56. The molecule has 0 saturated heterocycles. The molecule has 3 atom stereocenters. The lowest BCUT2D eigenvalue weighted by Crippen LogP contribution is -2.49. The van der Waals surface area contributed by atoms with Crippen molar-refractivity contribution in [1.82, 2.24) is 21.3 Å². The second-order valence-electron chi connectivity index (χ2n) is 6.12. The first-order valence-corrected chi connectivity index (χ1v) is 8.83. The van der Waals surface area contributed by atoms with Crippen LogP contribution in [0.3, 0.4) is 0 Å². The molecule has 0 rings (SSSR count). The molecule has 0 heterocycles. The van der Waals surface area contributed by atoms with Crippen LogP contribution in [0.25, 0.3) is 0 Å². The number of nitrogens with two attached hydrogens (primary N) is 1. The quantitative estimate of drug-likeness (QED) is 0.153. The largest absolute Gasteiger partial charge is 0.481 e. The molecule has 2 amide bonds. The van der Waals surface area contributed by atoms with Crippen LogP contribution in [0.4, 0.5) is 0 Å². The molecule has 0 spiro atoms. The highest BCUT2D eigenvalue weighted by Crippen LogP contribution is 2.03. The van der Waals surface area contributed by atoms with E-state index in [1.807, 2.05) is 0 Å². The Morgan fingerprint density at radius 3 is 2.15 bits per heavy atom. The van der Waals surface area contributed by atoms with Gasteiger partial charge >= 0.3 is 11.9 Å². The van der Waals surface area contributed by atoms with Crippen molar-refractivity contribution in [3.8, 4) is 0 Å². The molecule has 0 bridgehead atoms. The zero-order valence-corrected chi connectivity index (χ0v) is 15.8. The number of amides is 2. The summed E-state index contributed by atoms with van der Waals surface area (Å²) in [4.78, 5) is 45.5. The molecular formula is C16H31N5O6. The third-order valence-corrected chi connectivity index (χ3v) is 3.91. The van der Waals surface area contributed by atoms with Gasteiger partial charge in [-0.1, -0.05) is 0 Å². The van der Waals surface area contributed by atoms with Crippen molar-refractivity contribution >= 4 is 23.8 Å². The maximum atomic E-state index is 11.9. The van der Waals surface area contributed by atoms with Crippen LogP contribution in [0.15, 0.2) is 0 Å². The molecular weight excluding hydrogens is 358 g/mol. The zero-order chi connectivity index (χ0) is 20.8. The maximum absolute atomic E-state index is 11.9. The average Bonchev–Trinajstić information content (AvgIpc) is 2.62. The Hall–Kier alpha value is -2.24. The van der Waals surface area contributed by atoms with Gasteiger partial charge in [-0.2, -0.15) is 0 Å². The Morgan fingerprint density at radius 2 is 1.63 bits per heavy atom. The predicted octanol–water partition coefficient (Wildman–Crippen LogP) is -2.16. The first-order valence-electron chi connectivity index (χ1n) is 8.83. The predicted molar refractivity (Wildman–Crippen MR) is 98.0 cm³/mol. The molecule has 0 aromatic carbocycles. The van der Waals surface area contributed by atoms with Crippen molar-refractivity contribution in [2.45, 2.75) is 50.2 Å². The maximum Gasteiger partial charge on any atom is 0.326 e. The molecule has 8 N–H and O–H groups in total. The highest BCUT2D eigenvalue weighted by atomic mass is 16.4. The number of aliphatic carboxylic acids is 2. The summed E-state index contributed by atoms with van der Waals surface area (Å²) in [5, 5.41) is 28.6. The molecule has 0 aliphatic heterocycles. The minimum absolute atomic E-state index is 0.0706. The lowest BCUT2D eigenvalue weighted by atomic mass is 10.1. The van der Waals surface area contributed by atoms with Gasteiger partial charge in [-0.05, 0) is 39.8 Å². The number of rotatable bonds is 15. The molecule has 0 fully saturated rings. The molecule has 156 valence electrons. The monoisotopic (exact) mass is 389 g/mol. The van der Waals surface area contributed by atoms with Gasteiger partial charge in [-0.15, -0.1) is 0 Å². The minimum Gasteiger partial charge on any atom is -0.481 e. The van der Waals surface area contributed by atoms with Crippen molar-refractivity contribution in [1.29, 1.82) is 0 Å². The molecule has 0 saturated carbocycles. The SMILES string of the molecule is CNC[C@H](NC)C(=O)NCCCCC(NC(=O)[C@@H](N)CCC(=O)O)C(=O)O. The number of hydrogen-bond acceptors (Lipinski definition) is 7. The Kier molecular flexibility index (Phi) is 12.7. The molecule has 0 aliphatic carbocycles. The number of carboxylic acid groups (broad SMARTS) is 2. The van der Waals surface area contributed by atoms with Crippen LogP contribution in [0.2, 0.25) is 0 Å². The van der Waals surface area contributed by atoms with Gasteiger partial charge in [0.1, 0.15) is 6.04 Å². The fraction of sp³-hybridized carbons (Fsp3) is 0.750. The van der Waals surface area contributed by atoms with E-state index in [1.165, 1.54) is 0 Å². The number of carbonyl (C=O) groups is 4. The third-order valence-electron chi connectivity index (χ3n) is 3.91. The number of carbonyl (C=O) groups excluding carboxylic acids is 2. The fourth-order valence-electron chi connectivity index (χ4n) is 2.28. The molecule has 0 aromatic rings. The number of hydrogen-bond donors (Lipinski definition) is 7. The van der Waals surface area contributed by atoms with Crippen LogP contribution in [0, 0.1) is 0 Å². The molecule has 11 nitrogen and oxygen atoms in total. The molecule has 27 heavy (non-hydrogen) atoms. The van der Waals surface area contributed by atoms with E-state index in [9.17, 15) is 24.3 Å². The van der Waals surface area contributed by atoms with Crippen LogP contribution in [-0.4, -0.2) is 79.3 Å². The van der Waals surface area contributed by atoms with Crippen LogP contribution in [0.5, 0.6) is 0 Å². The van der Waals surface area contributed by atoms with Gasteiger partial charge < -0.3 is 37.2 Å². The Bertz CT molecular complexity index is 502. The van der Waals surface area contributed by atoms with E-state index >= 15 is 0 Å². The number of carboxylic acids is 2. The lowest BCUT2D eigenvalue weighted by molar-refractivity contribution is -0.142. The van der Waals surface area contributed by atoms with Crippen LogP contribution in [0.1, 0.15) is 32.1 Å².